The second-order valence-corrected chi connectivity index (χ2v) is 6.35. The van der Waals surface area contributed by atoms with Gasteiger partial charge in [0.15, 0.2) is 0 Å². The van der Waals surface area contributed by atoms with Crippen LogP contribution in [0.2, 0.25) is 0 Å². The summed E-state index contributed by atoms with van der Waals surface area (Å²) in [5, 5.41) is 0. The van der Waals surface area contributed by atoms with Crippen LogP contribution in [0.4, 0.5) is 11.4 Å². The minimum absolute atomic E-state index is 0.962. The highest BCUT2D eigenvalue weighted by molar-refractivity contribution is 9.10. The third kappa shape index (κ3) is 3.53. The van der Waals surface area contributed by atoms with Gasteiger partial charge in [0.1, 0.15) is 0 Å². The fourth-order valence-electron chi connectivity index (χ4n) is 2.61. The summed E-state index contributed by atoms with van der Waals surface area (Å²) in [7, 11) is 0. The van der Waals surface area contributed by atoms with E-state index in [2.05, 4.69) is 69.1 Å². The molecule has 2 nitrogen and oxygen atoms in total. The first-order valence-electron chi connectivity index (χ1n) is 7.37. The molecule has 1 heterocycles. The van der Waals surface area contributed by atoms with Gasteiger partial charge in [0.2, 0.25) is 0 Å². The highest BCUT2D eigenvalue weighted by atomic mass is 79.9. The van der Waals surface area contributed by atoms with Crippen molar-refractivity contribution in [2.45, 2.75) is 19.8 Å². The molecule has 2 aromatic rings. The van der Waals surface area contributed by atoms with E-state index in [1.54, 1.807) is 0 Å². The van der Waals surface area contributed by atoms with Crippen molar-refractivity contribution in [2.75, 3.05) is 18.0 Å². The Hall–Kier alpha value is -1.61. The Bertz CT molecular complexity index is 641. The fourth-order valence-corrected chi connectivity index (χ4v) is 3.20. The van der Waals surface area contributed by atoms with Crippen LogP contribution in [0.15, 0.2) is 51.9 Å². The summed E-state index contributed by atoms with van der Waals surface area (Å²) in [5.41, 5.74) is 4.64. The van der Waals surface area contributed by atoms with Gasteiger partial charge in [0.05, 0.1) is 5.69 Å². The topological polar surface area (TPSA) is 15.6 Å². The van der Waals surface area contributed by atoms with E-state index in [9.17, 15) is 0 Å². The SMILES string of the molecule is Cc1ccc(N=Cc2ccc(N3CCCC3)cc2)c(Br)c1. The van der Waals surface area contributed by atoms with Gasteiger partial charge in [-0.05, 0) is 71.1 Å². The van der Waals surface area contributed by atoms with Crippen molar-refractivity contribution in [3.63, 3.8) is 0 Å². The molecular formula is C18H19BrN2. The van der Waals surface area contributed by atoms with E-state index in [1.807, 2.05) is 12.3 Å². The second kappa shape index (κ2) is 6.44. The van der Waals surface area contributed by atoms with Crippen LogP contribution in [0.25, 0.3) is 0 Å². The first kappa shape index (κ1) is 14.3. The molecular weight excluding hydrogens is 324 g/mol. The smallest absolute Gasteiger partial charge is 0.0772 e. The molecule has 0 spiro atoms. The summed E-state index contributed by atoms with van der Waals surface area (Å²) in [4.78, 5) is 7.00. The van der Waals surface area contributed by atoms with Crippen molar-refractivity contribution in [2.24, 2.45) is 4.99 Å². The van der Waals surface area contributed by atoms with E-state index >= 15 is 0 Å². The van der Waals surface area contributed by atoms with Crippen molar-refractivity contribution in [1.82, 2.24) is 0 Å². The average molecular weight is 343 g/mol. The molecule has 0 amide bonds. The van der Waals surface area contributed by atoms with Crippen LogP contribution in [-0.2, 0) is 0 Å². The first-order valence-corrected chi connectivity index (χ1v) is 8.17. The van der Waals surface area contributed by atoms with Gasteiger partial charge >= 0.3 is 0 Å². The zero-order valence-electron chi connectivity index (χ0n) is 12.2. The number of hydrogen-bond donors (Lipinski definition) is 0. The number of nitrogens with zero attached hydrogens (tertiary/aromatic N) is 2. The quantitative estimate of drug-likeness (QED) is 0.707. The van der Waals surface area contributed by atoms with Gasteiger partial charge in [-0.1, -0.05) is 18.2 Å². The Kier molecular flexibility index (Phi) is 4.39. The molecule has 1 saturated heterocycles. The van der Waals surface area contributed by atoms with E-state index in [0.29, 0.717) is 0 Å². The van der Waals surface area contributed by atoms with E-state index < -0.39 is 0 Å². The monoisotopic (exact) mass is 342 g/mol. The van der Waals surface area contributed by atoms with Crippen molar-refractivity contribution in [1.29, 1.82) is 0 Å². The van der Waals surface area contributed by atoms with Gasteiger partial charge in [-0.25, -0.2) is 0 Å². The summed E-state index contributed by atoms with van der Waals surface area (Å²) in [6.07, 6.45) is 4.54. The van der Waals surface area contributed by atoms with Crippen molar-refractivity contribution < 1.29 is 0 Å². The molecule has 0 saturated carbocycles. The highest BCUT2D eigenvalue weighted by Crippen LogP contribution is 2.26. The summed E-state index contributed by atoms with van der Waals surface area (Å²) >= 11 is 3.56. The minimum atomic E-state index is 0.962. The summed E-state index contributed by atoms with van der Waals surface area (Å²) in [5.74, 6) is 0. The molecule has 0 radical (unpaired) electrons. The van der Waals surface area contributed by atoms with Crippen LogP contribution in [0.3, 0.4) is 0 Å². The number of aliphatic imine (C=N–C) groups is 1. The predicted molar refractivity (Wildman–Crippen MR) is 94.0 cm³/mol. The van der Waals surface area contributed by atoms with Crippen LogP contribution in [0, 0.1) is 6.92 Å². The molecule has 0 bridgehead atoms. The molecule has 0 aliphatic carbocycles. The lowest BCUT2D eigenvalue weighted by molar-refractivity contribution is 0.949. The molecule has 0 aromatic heterocycles. The Labute approximate surface area is 134 Å². The Morgan fingerprint density at radius 3 is 2.43 bits per heavy atom. The third-order valence-corrected chi connectivity index (χ3v) is 4.46. The predicted octanol–water partition coefficient (Wildman–Crippen LogP) is 5.11. The van der Waals surface area contributed by atoms with Crippen LogP contribution >= 0.6 is 15.9 Å². The maximum atomic E-state index is 4.56. The number of hydrogen-bond acceptors (Lipinski definition) is 2. The summed E-state index contributed by atoms with van der Waals surface area (Å²) in [6, 6.07) is 14.9. The van der Waals surface area contributed by atoms with E-state index in [4.69, 9.17) is 0 Å². The average Bonchev–Trinajstić information content (AvgIpc) is 3.01. The van der Waals surface area contributed by atoms with E-state index in [0.717, 1.165) is 15.7 Å². The lowest BCUT2D eigenvalue weighted by Crippen LogP contribution is -2.17. The summed E-state index contributed by atoms with van der Waals surface area (Å²) < 4.78 is 1.03. The van der Waals surface area contributed by atoms with Crippen LogP contribution in [0.5, 0.6) is 0 Å². The highest BCUT2D eigenvalue weighted by Gasteiger charge is 2.11. The standard InChI is InChI=1S/C18H19BrN2/c1-14-4-9-18(17(19)12-14)20-13-15-5-7-16(8-6-15)21-10-2-3-11-21/h4-9,12-13H,2-3,10-11H2,1H3. The fraction of sp³-hybridized carbons (Fsp3) is 0.278. The van der Waals surface area contributed by atoms with Gasteiger partial charge in [0, 0.05) is 29.5 Å². The molecule has 0 N–H and O–H groups in total. The van der Waals surface area contributed by atoms with Gasteiger partial charge < -0.3 is 4.90 Å². The molecule has 21 heavy (non-hydrogen) atoms. The Morgan fingerprint density at radius 2 is 1.76 bits per heavy atom. The molecule has 0 unspecified atom stereocenters. The largest absolute Gasteiger partial charge is 0.372 e. The van der Waals surface area contributed by atoms with E-state index in [-0.39, 0.29) is 0 Å². The van der Waals surface area contributed by atoms with Crippen molar-refractivity contribution >= 4 is 33.5 Å². The molecule has 1 aliphatic rings. The number of anilines is 1. The normalized spacial score (nSPS) is 15.0. The van der Waals surface area contributed by atoms with Crippen LogP contribution in [-0.4, -0.2) is 19.3 Å². The minimum Gasteiger partial charge on any atom is -0.372 e. The number of rotatable bonds is 3. The zero-order valence-corrected chi connectivity index (χ0v) is 13.8. The molecule has 3 heteroatoms. The number of halogens is 1. The molecule has 1 fully saturated rings. The Morgan fingerprint density at radius 1 is 1.05 bits per heavy atom. The lowest BCUT2D eigenvalue weighted by atomic mass is 10.2. The molecule has 108 valence electrons. The van der Waals surface area contributed by atoms with Gasteiger partial charge in [-0.3, -0.25) is 4.99 Å². The maximum Gasteiger partial charge on any atom is 0.0772 e. The molecule has 3 rings (SSSR count). The summed E-state index contributed by atoms with van der Waals surface area (Å²) in [6.45, 7) is 4.45. The Balaban J connectivity index is 1.73. The number of benzene rings is 2. The molecule has 0 atom stereocenters. The van der Waals surface area contributed by atoms with Gasteiger partial charge in [-0.2, -0.15) is 0 Å². The third-order valence-electron chi connectivity index (χ3n) is 3.82. The molecule has 2 aromatic carbocycles. The number of aryl methyl sites for hydroxylation is 1. The van der Waals surface area contributed by atoms with Crippen LogP contribution < -0.4 is 4.90 Å². The zero-order chi connectivity index (χ0) is 14.7. The van der Waals surface area contributed by atoms with Gasteiger partial charge in [0.25, 0.3) is 0 Å². The first-order chi connectivity index (χ1) is 10.2. The van der Waals surface area contributed by atoms with Crippen molar-refractivity contribution in [3.05, 3.63) is 58.1 Å². The van der Waals surface area contributed by atoms with E-state index in [1.165, 1.54) is 37.2 Å². The maximum absolute atomic E-state index is 4.56. The second-order valence-electron chi connectivity index (χ2n) is 5.50. The van der Waals surface area contributed by atoms with Crippen molar-refractivity contribution in [3.8, 4) is 0 Å². The van der Waals surface area contributed by atoms with Gasteiger partial charge in [-0.15, -0.1) is 0 Å². The lowest BCUT2D eigenvalue weighted by Gasteiger charge is -2.17. The molecule has 1 aliphatic heterocycles. The van der Waals surface area contributed by atoms with Crippen LogP contribution in [0.1, 0.15) is 24.0 Å².